The Hall–Kier alpha value is -0.440. The van der Waals surface area contributed by atoms with Crippen molar-refractivity contribution in [3.63, 3.8) is 0 Å². The molecule has 0 saturated carbocycles. The van der Waals surface area contributed by atoms with Crippen LogP contribution in [0, 0.1) is 0 Å². The molecule has 74 valence electrons. The molecule has 0 aliphatic rings. The summed E-state index contributed by atoms with van der Waals surface area (Å²) in [5, 5.41) is 3.22. The van der Waals surface area contributed by atoms with Crippen LogP contribution in [-0.2, 0) is 0 Å². The standard InChI is InChI=1S/C10H8Cl2OS/c1-2-13-10-5-7-8(12)3-6(11)4-9(7)14-10/h3-5H,2H2,1H3. The molecule has 0 atom stereocenters. The van der Waals surface area contributed by atoms with Gasteiger partial charge in [0.05, 0.1) is 11.6 Å². The molecular formula is C10H8Cl2OS. The monoisotopic (exact) mass is 246 g/mol. The van der Waals surface area contributed by atoms with Crippen molar-refractivity contribution in [2.24, 2.45) is 0 Å². The van der Waals surface area contributed by atoms with E-state index in [1.807, 2.05) is 19.1 Å². The van der Waals surface area contributed by atoms with E-state index in [0.29, 0.717) is 16.7 Å². The van der Waals surface area contributed by atoms with Crippen LogP contribution in [0.4, 0.5) is 0 Å². The predicted molar refractivity (Wildman–Crippen MR) is 63.0 cm³/mol. The number of hydrogen-bond donors (Lipinski definition) is 0. The zero-order valence-electron chi connectivity index (χ0n) is 7.51. The maximum Gasteiger partial charge on any atom is 0.174 e. The Bertz CT molecular complexity index is 464. The first-order valence-electron chi connectivity index (χ1n) is 4.22. The summed E-state index contributed by atoms with van der Waals surface area (Å²) < 4.78 is 6.46. The second-order valence-corrected chi connectivity index (χ2v) is 4.69. The zero-order chi connectivity index (χ0) is 10.1. The van der Waals surface area contributed by atoms with Crippen molar-refractivity contribution in [2.75, 3.05) is 6.61 Å². The van der Waals surface area contributed by atoms with Crippen LogP contribution in [-0.4, -0.2) is 6.61 Å². The van der Waals surface area contributed by atoms with Crippen LogP contribution in [0.15, 0.2) is 18.2 Å². The molecule has 1 nitrogen and oxygen atoms in total. The van der Waals surface area contributed by atoms with E-state index in [2.05, 4.69) is 0 Å². The van der Waals surface area contributed by atoms with E-state index >= 15 is 0 Å². The van der Waals surface area contributed by atoms with Crippen LogP contribution < -0.4 is 4.74 Å². The number of ether oxygens (including phenoxy) is 1. The number of hydrogen-bond acceptors (Lipinski definition) is 2. The summed E-state index contributed by atoms with van der Waals surface area (Å²) >= 11 is 13.5. The first kappa shape index (κ1) is 10.1. The van der Waals surface area contributed by atoms with Gasteiger partial charge in [-0.2, -0.15) is 0 Å². The van der Waals surface area contributed by atoms with Gasteiger partial charge >= 0.3 is 0 Å². The van der Waals surface area contributed by atoms with Gasteiger partial charge in [0.1, 0.15) is 0 Å². The fourth-order valence-electron chi connectivity index (χ4n) is 1.25. The third-order valence-electron chi connectivity index (χ3n) is 1.82. The van der Waals surface area contributed by atoms with Gasteiger partial charge in [-0.3, -0.25) is 0 Å². The molecule has 1 aromatic carbocycles. The second-order valence-electron chi connectivity index (χ2n) is 2.80. The van der Waals surface area contributed by atoms with E-state index in [4.69, 9.17) is 27.9 Å². The van der Waals surface area contributed by atoms with Crippen molar-refractivity contribution in [3.05, 3.63) is 28.2 Å². The molecule has 0 aliphatic carbocycles. The normalized spacial score (nSPS) is 10.8. The first-order chi connectivity index (χ1) is 6.70. The van der Waals surface area contributed by atoms with E-state index in [1.54, 1.807) is 17.4 Å². The fraction of sp³-hybridized carbons (Fsp3) is 0.200. The van der Waals surface area contributed by atoms with Gasteiger partial charge in [-0.25, -0.2) is 0 Å². The highest BCUT2D eigenvalue weighted by atomic mass is 35.5. The van der Waals surface area contributed by atoms with Crippen LogP contribution in [0.2, 0.25) is 10.0 Å². The predicted octanol–water partition coefficient (Wildman–Crippen LogP) is 4.61. The molecule has 0 amide bonds. The smallest absolute Gasteiger partial charge is 0.174 e. The van der Waals surface area contributed by atoms with E-state index in [0.717, 1.165) is 15.1 Å². The van der Waals surface area contributed by atoms with E-state index in [9.17, 15) is 0 Å². The Balaban J connectivity index is 2.58. The molecule has 14 heavy (non-hydrogen) atoms. The summed E-state index contributed by atoms with van der Waals surface area (Å²) in [4.78, 5) is 0. The topological polar surface area (TPSA) is 9.23 Å². The van der Waals surface area contributed by atoms with Gasteiger partial charge in [0.15, 0.2) is 5.06 Å². The van der Waals surface area contributed by atoms with Crippen LogP contribution in [0.1, 0.15) is 6.92 Å². The lowest BCUT2D eigenvalue weighted by atomic mass is 10.3. The van der Waals surface area contributed by atoms with Crippen molar-refractivity contribution >= 4 is 44.6 Å². The van der Waals surface area contributed by atoms with Gasteiger partial charge in [0.2, 0.25) is 0 Å². The Morgan fingerprint density at radius 3 is 2.79 bits per heavy atom. The average molecular weight is 247 g/mol. The molecule has 1 aromatic heterocycles. The molecule has 0 unspecified atom stereocenters. The minimum absolute atomic E-state index is 0.660. The highest BCUT2D eigenvalue weighted by Gasteiger charge is 2.06. The lowest BCUT2D eigenvalue weighted by Crippen LogP contribution is -1.86. The van der Waals surface area contributed by atoms with Gasteiger partial charge in [-0.05, 0) is 19.1 Å². The SMILES string of the molecule is CCOc1cc2c(Cl)cc(Cl)cc2s1. The Labute approximate surface area is 96.2 Å². The molecular weight excluding hydrogens is 239 g/mol. The van der Waals surface area contributed by atoms with E-state index in [1.165, 1.54) is 0 Å². The van der Waals surface area contributed by atoms with Crippen molar-refractivity contribution in [1.29, 1.82) is 0 Å². The zero-order valence-corrected chi connectivity index (χ0v) is 9.84. The number of fused-ring (bicyclic) bond motifs is 1. The molecule has 4 heteroatoms. The summed E-state index contributed by atoms with van der Waals surface area (Å²) in [6.07, 6.45) is 0. The Morgan fingerprint density at radius 2 is 2.07 bits per heavy atom. The van der Waals surface area contributed by atoms with Gasteiger partial charge in [0.25, 0.3) is 0 Å². The van der Waals surface area contributed by atoms with E-state index < -0.39 is 0 Å². The summed E-state index contributed by atoms with van der Waals surface area (Å²) in [6.45, 7) is 2.62. The Kier molecular flexibility index (Phi) is 2.86. The third kappa shape index (κ3) is 1.83. The number of benzene rings is 1. The van der Waals surface area contributed by atoms with Gasteiger partial charge in [-0.15, -0.1) is 0 Å². The first-order valence-corrected chi connectivity index (χ1v) is 5.79. The van der Waals surface area contributed by atoms with Crippen LogP contribution in [0.5, 0.6) is 5.06 Å². The maximum atomic E-state index is 6.04. The maximum absolute atomic E-state index is 6.04. The van der Waals surface area contributed by atoms with Crippen molar-refractivity contribution in [1.82, 2.24) is 0 Å². The van der Waals surface area contributed by atoms with Crippen LogP contribution in [0.25, 0.3) is 10.1 Å². The summed E-state index contributed by atoms with van der Waals surface area (Å²) in [5.41, 5.74) is 0. The van der Waals surface area contributed by atoms with E-state index in [-0.39, 0.29) is 0 Å². The molecule has 0 fully saturated rings. The van der Waals surface area contributed by atoms with Gasteiger partial charge < -0.3 is 4.74 Å². The molecule has 2 rings (SSSR count). The molecule has 1 heterocycles. The average Bonchev–Trinajstić information content (AvgIpc) is 2.48. The molecule has 0 radical (unpaired) electrons. The minimum atomic E-state index is 0.660. The van der Waals surface area contributed by atoms with Crippen LogP contribution in [0.3, 0.4) is 0 Å². The molecule has 0 aliphatic heterocycles. The molecule has 0 saturated heterocycles. The summed E-state index contributed by atoms with van der Waals surface area (Å²) in [7, 11) is 0. The fourth-order valence-corrected chi connectivity index (χ4v) is 2.96. The molecule has 2 aromatic rings. The highest BCUT2D eigenvalue weighted by molar-refractivity contribution is 7.20. The number of thiophene rings is 1. The Morgan fingerprint density at radius 1 is 1.29 bits per heavy atom. The highest BCUT2D eigenvalue weighted by Crippen LogP contribution is 2.37. The molecule has 0 spiro atoms. The van der Waals surface area contributed by atoms with Gasteiger partial charge in [0, 0.05) is 21.2 Å². The second kappa shape index (κ2) is 3.97. The molecule has 0 N–H and O–H groups in total. The lowest BCUT2D eigenvalue weighted by molar-refractivity contribution is 0.350. The van der Waals surface area contributed by atoms with Crippen molar-refractivity contribution in [2.45, 2.75) is 6.92 Å². The summed E-state index contributed by atoms with van der Waals surface area (Å²) in [6, 6.07) is 5.59. The largest absolute Gasteiger partial charge is 0.484 e. The number of rotatable bonds is 2. The number of halogens is 2. The van der Waals surface area contributed by atoms with Crippen molar-refractivity contribution < 1.29 is 4.74 Å². The minimum Gasteiger partial charge on any atom is -0.484 e. The molecule has 0 bridgehead atoms. The summed E-state index contributed by atoms with van der Waals surface area (Å²) in [5.74, 6) is 0. The van der Waals surface area contributed by atoms with Crippen molar-refractivity contribution in [3.8, 4) is 5.06 Å². The quantitative estimate of drug-likeness (QED) is 0.753. The third-order valence-corrected chi connectivity index (χ3v) is 3.34. The van der Waals surface area contributed by atoms with Gasteiger partial charge in [-0.1, -0.05) is 34.5 Å². The van der Waals surface area contributed by atoms with Crippen LogP contribution >= 0.6 is 34.5 Å². The lowest BCUT2D eigenvalue weighted by Gasteiger charge is -1.94.